The van der Waals surface area contributed by atoms with E-state index >= 15 is 0 Å². The Kier molecular flexibility index (Phi) is 3.76. The summed E-state index contributed by atoms with van der Waals surface area (Å²) in [5.74, 6) is 1.37. The van der Waals surface area contributed by atoms with Crippen LogP contribution in [-0.4, -0.2) is 16.7 Å². The Hall–Kier alpha value is -1.39. The van der Waals surface area contributed by atoms with Crippen LogP contribution in [0.4, 0.5) is 0 Å². The molecule has 0 radical (unpaired) electrons. The average molecular weight is 292 g/mol. The van der Waals surface area contributed by atoms with Crippen LogP contribution in [0.3, 0.4) is 0 Å². The molecule has 0 unspecified atom stereocenters. The van der Waals surface area contributed by atoms with E-state index in [9.17, 15) is 0 Å². The van der Waals surface area contributed by atoms with Crippen molar-refractivity contribution < 1.29 is 4.52 Å². The average Bonchev–Trinajstić information content (AvgIpc) is 3.11. The Morgan fingerprint density at radius 2 is 2.00 bits per heavy atom. The normalized spacial score (nSPS) is 17.5. The molecule has 4 nitrogen and oxygen atoms in total. The Morgan fingerprint density at radius 3 is 2.70 bits per heavy atom. The van der Waals surface area contributed by atoms with Gasteiger partial charge < -0.3 is 10.3 Å². The van der Waals surface area contributed by atoms with Crippen molar-refractivity contribution in [3.63, 3.8) is 0 Å². The van der Waals surface area contributed by atoms with Crippen molar-refractivity contribution in [3.8, 4) is 0 Å². The molecule has 1 aromatic heterocycles. The van der Waals surface area contributed by atoms with E-state index in [0.29, 0.717) is 24.7 Å². The predicted molar refractivity (Wildman–Crippen MR) is 77.8 cm³/mol. The van der Waals surface area contributed by atoms with Crippen molar-refractivity contribution in [2.45, 2.75) is 37.5 Å². The molecule has 1 aliphatic carbocycles. The standard InChI is InChI=1S/C15H18ClN3O/c16-12-6-2-1-5-11(12)9-13-18-14(20-19-13)15(10-17)7-3-4-8-15/h1-2,5-6H,3-4,7-10,17H2. The van der Waals surface area contributed by atoms with Crippen molar-refractivity contribution >= 4 is 11.6 Å². The lowest BCUT2D eigenvalue weighted by atomic mass is 9.86. The summed E-state index contributed by atoms with van der Waals surface area (Å²) >= 11 is 6.16. The van der Waals surface area contributed by atoms with Crippen LogP contribution in [0.15, 0.2) is 28.8 Å². The van der Waals surface area contributed by atoms with Crippen LogP contribution in [-0.2, 0) is 11.8 Å². The molecule has 2 N–H and O–H groups in total. The molecule has 0 atom stereocenters. The molecule has 1 aromatic carbocycles. The van der Waals surface area contributed by atoms with Crippen molar-refractivity contribution in [3.05, 3.63) is 46.6 Å². The zero-order valence-electron chi connectivity index (χ0n) is 11.3. The molecule has 2 aromatic rings. The summed E-state index contributed by atoms with van der Waals surface area (Å²) in [5, 5.41) is 4.82. The van der Waals surface area contributed by atoms with Crippen LogP contribution < -0.4 is 5.73 Å². The summed E-state index contributed by atoms with van der Waals surface area (Å²) in [6, 6.07) is 7.72. The first-order chi connectivity index (χ1) is 9.73. The number of benzene rings is 1. The van der Waals surface area contributed by atoms with Crippen LogP contribution >= 0.6 is 11.6 Å². The highest BCUT2D eigenvalue weighted by Gasteiger charge is 2.39. The van der Waals surface area contributed by atoms with Crippen molar-refractivity contribution in [2.75, 3.05) is 6.54 Å². The molecule has 0 spiro atoms. The summed E-state index contributed by atoms with van der Waals surface area (Å²) < 4.78 is 5.47. The lowest BCUT2D eigenvalue weighted by Crippen LogP contribution is -2.32. The quantitative estimate of drug-likeness (QED) is 0.940. The van der Waals surface area contributed by atoms with Gasteiger partial charge in [0.25, 0.3) is 0 Å². The van der Waals surface area contributed by atoms with Gasteiger partial charge in [0.05, 0.1) is 5.41 Å². The summed E-state index contributed by atoms with van der Waals surface area (Å²) in [5.41, 5.74) is 6.84. The van der Waals surface area contributed by atoms with Crippen molar-refractivity contribution in [1.82, 2.24) is 10.1 Å². The van der Waals surface area contributed by atoms with Crippen molar-refractivity contribution in [1.29, 1.82) is 0 Å². The molecule has 0 bridgehead atoms. The fraction of sp³-hybridized carbons (Fsp3) is 0.467. The first-order valence-corrected chi connectivity index (χ1v) is 7.38. The van der Waals surface area contributed by atoms with Gasteiger partial charge in [0.2, 0.25) is 5.89 Å². The zero-order chi connectivity index (χ0) is 14.0. The predicted octanol–water partition coefficient (Wildman–Crippen LogP) is 3.08. The minimum atomic E-state index is -0.105. The molecular weight excluding hydrogens is 274 g/mol. The number of hydrogen-bond acceptors (Lipinski definition) is 4. The summed E-state index contributed by atoms with van der Waals surface area (Å²) in [7, 11) is 0. The molecule has 1 saturated carbocycles. The number of nitrogens with two attached hydrogens (primary N) is 1. The Morgan fingerprint density at radius 1 is 1.25 bits per heavy atom. The summed E-state index contributed by atoms with van der Waals surface area (Å²) in [6.45, 7) is 0.570. The van der Waals surface area contributed by atoms with E-state index in [2.05, 4.69) is 10.1 Å². The molecule has 5 heteroatoms. The smallest absolute Gasteiger partial charge is 0.234 e. The lowest BCUT2D eigenvalue weighted by Gasteiger charge is -2.21. The third kappa shape index (κ3) is 2.45. The van der Waals surface area contributed by atoms with Gasteiger partial charge >= 0.3 is 0 Å². The van der Waals surface area contributed by atoms with E-state index in [0.717, 1.165) is 23.4 Å². The van der Waals surface area contributed by atoms with Gasteiger partial charge in [-0.05, 0) is 24.5 Å². The van der Waals surface area contributed by atoms with Gasteiger partial charge in [-0.25, -0.2) is 0 Å². The monoisotopic (exact) mass is 291 g/mol. The molecule has 20 heavy (non-hydrogen) atoms. The fourth-order valence-electron chi connectivity index (χ4n) is 2.91. The molecule has 1 aliphatic rings. The Balaban J connectivity index is 1.82. The zero-order valence-corrected chi connectivity index (χ0v) is 12.1. The molecule has 1 heterocycles. The van der Waals surface area contributed by atoms with Gasteiger partial charge in [-0.3, -0.25) is 0 Å². The summed E-state index contributed by atoms with van der Waals surface area (Å²) in [6.07, 6.45) is 5.02. The Labute approximate surface area is 123 Å². The topological polar surface area (TPSA) is 64.9 Å². The van der Waals surface area contributed by atoms with E-state index in [4.69, 9.17) is 21.9 Å². The number of rotatable bonds is 4. The maximum absolute atomic E-state index is 6.16. The van der Waals surface area contributed by atoms with Gasteiger partial charge in [-0.1, -0.05) is 47.8 Å². The van der Waals surface area contributed by atoms with E-state index in [1.165, 1.54) is 12.8 Å². The lowest BCUT2D eigenvalue weighted by molar-refractivity contribution is 0.283. The minimum Gasteiger partial charge on any atom is -0.339 e. The maximum Gasteiger partial charge on any atom is 0.234 e. The second-order valence-corrected chi connectivity index (χ2v) is 5.88. The number of hydrogen-bond donors (Lipinski definition) is 1. The van der Waals surface area contributed by atoms with E-state index in [1.807, 2.05) is 24.3 Å². The van der Waals surface area contributed by atoms with Crippen LogP contribution in [0.1, 0.15) is 43.0 Å². The molecule has 106 valence electrons. The summed E-state index contributed by atoms with van der Waals surface area (Å²) in [4.78, 5) is 4.56. The number of aromatic nitrogens is 2. The van der Waals surface area contributed by atoms with Gasteiger partial charge in [-0.2, -0.15) is 4.98 Å². The third-order valence-electron chi connectivity index (χ3n) is 4.18. The number of halogens is 1. The van der Waals surface area contributed by atoms with E-state index < -0.39 is 0 Å². The van der Waals surface area contributed by atoms with Gasteiger partial charge in [-0.15, -0.1) is 0 Å². The van der Waals surface area contributed by atoms with Crippen LogP contribution in [0, 0.1) is 0 Å². The fourth-order valence-corrected chi connectivity index (χ4v) is 3.11. The molecular formula is C15H18ClN3O. The van der Waals surface area contributed by atoms with Gasteiger partial charge in [0.15, 0.2) is 5.82 Å². The van der Waals surface area contributed by atoms with Gasteiger partial charge in [0.1, 0.15) is 0 Å². The van der Waals surface area contributed by atoms with Gasteiger partial charge in [0, 0.05) is 18.0 Å². The van der Waals surface area contributed by atoms with Crippen LogP contribution in [0.5, 0.6) is 0 Å². The number of nitrogens with zero attached hydrogens (tertiary/aromatic N) is 2. The SMILES string of the molecule is NCC1(c2nc(Cc3ccccc3Cl)no2)CCCC1. The Bertz CT molecular complexity index is 590. The maximum atomic E-state index is 6.16. The second-order valence-electron chi connectivity index (χ2n) is 5.48. The molecule has 3 rings (SSSR count). The molecule has 1 fully saturated rings. The largest absolute Gasteiger partial charge is 0.339 e. The highest BCUT2D eigenvalue weighted by atomic mass is 35.5. The molecule has 0 saturated heterocycles. The van der Waals surface area contributed by atoms with E-state index in [1.54, 1.807) is 0 Å². The van der Waals surface area contributed by atoms with Crippen LogP contribution in [0.25, 0.3) is 0 Å². The minimum absolute atomic E-state index is 0.105. The first-order valence-electron chi connectivity index (χ1n) is 7.00. The van der Waals surface area contributed by atoms with Crippen molar-refractivity contribution in [2.24, 2.45) is 5.73 Å². The first kappa shape index (κ1) is 13.6. The molecule has 0 aliphatic heterocycles. The third-order valence-corrected chi connectivity index (χ3v) is 4.55. The highest BCUT2D eigenvalue weighted by molar-refractivity contribution is 6.31. The van der Waals surface area contributed by atoms with E-state index in [-0.39, 0.29) is 5.41 Å². The second kappa shape index (κ2) is 5.54. The highest BCUT2D eigenvalue weighted by Crippen LogP contribution is 2.39. The molecule has 0 amide bonds. The van der Waals surface area contributed by atoms with Crippen LogP contribution in [0.2, 0.25) is 5.02 Å².